The van der Waals surface area contributed by atoms with Gasteiger partial charge in [-0.3, -0.25) is 4.90 Å². The van der Waals surface area contributed by atoms with Crippen molar-refractivity contribution in [2.45, 2.75) is 19.4 Å². The highest BCUT2D eigenvalue weighted by Gasteiger charge is 2.23. The van der Waals surface area contributed by atoms with Gasteiger partial charge in [-0.05, 0) is 30.5 Å². The average Bonchev–Trinajstić information content (AvgIpc) is 2.41. The molecule has 1 saturated heterocycles. The standard InChI is InChI=1S/C15H21FN2/c1-3-5-15(18-10-8-17-9-11-18)13-6-4-7-14(16)12(13)2/h3-4,6-7,15,17H,1,5,8-11H2,2H3/t15-/m1/s1. The van der Waals surface area contributed by atoms with Crippen molar-refractivity contribution in [2.75, 3.05) is 26.2 Å². The maximum absolute atomic E-state index is 13.7. The highest BCUT2D eigenvalue weighted by atomic mass is 19.1. The fraction of sp³-hybridized carbons (Fsp3) is 0.467. The van der Waals surface area contributed by atoms with E-state index < -0.39 is 0 Å². The molecule has 1 N–H and O–H groups in total. The lowest BCUT2D eigenvalue weighted by Gasteiger charge is -2.35. The van der Waals surface area contributed by atoms with Crippen LogP contribution in [0.2, 0.25) is 0 Å². The van der Waals surface area contributed by atoms with Crippen molar-refractivity contribution in [2.24, 2.45) is 0 Å². The number of piperazine rings is 1. The van der Waals surface area contributed by atoms with E-state index in [1.165, 1.54) is 6.07 Å². The SMILES string of the molecule is C=CC[C@H](c1cccc(F)c1C)N1CCNCC1. The molecule has 1 fully saturated rings. The summed E-state index contributed by atoms with van der Waals surface area (Å²) in [7, 11) is 0. The Kier molecular flexibility index (Phi) is 4.50. The van der Waals surface area contributed by atoms with Crippen LogP contribution in [0.25, 0.3) is 0 Å². The summed E-state index contributed by atoms with van der Waals surface area (Å²) in [4.78, 5) is 2.42. The smallest absolute Gasteiger partial charge is 0.126 e. The van der Waals surface area contributed by atoms with Gasteiger partial charge in [0.2, 0.25) is 0 Å². The van der Waals surface area contributed by atoms with Gasteiger partial charge >= 0.3 is 0 Å². The van der Waals surface area contributed by atoms with Crippen LogP contribution < -0.4 is 5.32 Å². The maximum Gasteiger partial charge on any atom is 0.126 e. The molecule has 0 aromatic heterocycles. The summed E-state index contributed by atoms with van der Waals surface area (Å²) in [6, 6.07) is 5.62. The third-order valence-electron chi connectivity index (χ3n) is 3.65. The van der Waals surface area contributed by atoms with Crippen molar-refractivity contribution >= 4 is 0 Å². The monoisotopic (exact) mass is 248 g/mol. The molecular weight excluding hydrogens is 227 g/mol. The maximum atomic E-state index is 13.7. The van der Waals surface area contributed by atoms with Crippen molar-refractivity contribution in [3.63, 3.8) is 0 Å². The molecule has 18 heavy (non-hydrogen) atoms. The first-order valence-electron chi connectivity index (χ1n) is 6.54. The molecule has 0 amide bonds. The molecule has 98 valence electrons. The lowest BCUT2D eigenvalue weighted by Crippen LogP contribution is -2.45. The summed E-state index contributed by atoms with van der Waals surface area (Å²) in [5.41, 5.74) is 1.86. The van der Waals surface area contributed by atoms with E-state index in [1.807, 2.05) is 19.1 Å². The molecule has 1 atom stereocenters. The Morgan fingerprint density at radius 3 is 2.83 bits per heavy atom. The lowest BCUT2D eigenvalue weighted by atomic mass is 9.96. The summed E-state index contributed by atoms with van der Waals surface area (Å²) < 4.78 is 13.7. The molecular formula is C15H21FN2. The van der Waals surface area contributed by atoms with Crippen LogP contribution in [0, 0.1) is 12.7 Å². The van der Waals surface area contributed by atoms with E-state index in [2.05, 4.69) is 16.8 Å². The molecule has 1 aromatic carbocycles. The summed E-state index contributed by atoms with van der Waals surface area (Å²) >= 11 is 0. The summed E-state index contributed by atoms with van der Waals surface area (Å²) in [6.45, 7) is 9.72. The van der Waals surface area contributed by atoms with Gasteiger partial charge in [0, 0.05) is 32.2 Å². The zero-order valence-electron chi connectivity index (χ0n) is 11.0. The fourth-order valence-corrected chi connectivity index (χ4v) is 2.61. The molecule has 0 spiro atoms. The van der Waals surface area contributed by atoms with Gasteiger partial charge in [0.05, 0.1) is 0 Å². The van der Waals surface area contributed by atoms with E-state index in [0.29, 0.717) is 0 Å². The minimum Gasteiger partial charge on any atom is -0.314 e. The van der Waals surface area contributed by atoms with Crippen LogP contribution in [0.5, 0.6) is 0 Å². The van der Waals surface area contributed by atoms with Crippen LogP contribution in [0.1, 0.15) is 23.6 Å². The van der Waals surface area contributed by atoms with Crippen molar-refractivity contribution in [3.05, 3.63) is 47.8 Å². The molecule has 2 nitrogen and oxygen atoms in total. The minimum absolute atomic E-state index is 0.114. The summed E-state index contributed by atoms with van der Waals surface area (Å²) in [5, 5.41) is 3.35. The molecule has 1 aliphatic rings. The van der Waals surface area contributed by atoms with E-state index >= 15 is 0 Å². The first-order chi connectivity index (χ1) is 8.74. The van der Waals surface area contributed by atoms with Crippen LogP contribution >= 0.6 is 0 Å². The normalized spacial score (nSPS) is 18.6. The number of hydrogen-bond acceptors (Lipinski definition) is 2. The number of benzene rings is 1. The Morgan fingerprint density at radius 2 is 2.17 bits per heavy atom. The molecule has 0 saturated carbocycles. The number of nitrogens with zero attached hydrogens (tertiary/aromatic N) is 1. The quantitative estimate of drug-likeness (QED) is 0.824. The summed E-state index contributed by atoms with van der Waals surface area (Å²) in [6.07, 6.45) is 2.79. The first kappa shape index (κ1) is 13.2. The largest absolute Gasteiger partial charge is 0.314 e. The highest BCUT2D eigenvalue weighted by Crippen LogP contribution is 2.28. The van der Waals surface area contributed by atoms with Crippen molar-refractivity contribution in [3.8, 4) is 0 Å². The number of rotatable bonds is 4. The van der Waals surface area contributed by atoms with Gasteiger partial charge in [-0.2, -0.15) is 0 Å². The van der Waals surface area contributed by atoms with Gasteiger partial charge in [-0.25, -0.2) is 4.39 Å². The zero-order valence-corrected chi connectivity index (χ0v) is 11.0. The van der Waals surface area contributed by atoms with Gasteiger partial charge in [-0.1, -0.05) is 18.2 Å². The zero-order chi connectivity index (χ0) is 13.0. The Bertz CT molecular complexity index is 411. The van der Waals surface area contributed by atoms with Crippen LogP contribution in [0.15, 0.2) is 30.9 Å². The van der Waals surface area contributed by atoms with Crippen LogP contribution in [0.4, 0.5) is 4.39 Å². The van der Waals surface area contributed by atoms with Crippen LogP contribution in [-0.4, -0.2) is 31.1 Å². The van der Waals surface area contributed by atoms with Gasteiger partial charge in [0.25, 0.3) is 0 Å². The molecule has 2 rings (SSSR count). The van der Waals surface area contributed by atoms with Gasteiger partial charge in [0.15, 0.2) is 0 Å². The predicted octanol–water partition coefficient (Wildman–Crippen LogP) is 2.66. The van der Waals surface area contributed by atoms with Gasteiger partial charge in [0.1, 0.15) is 5.82 Å². The van der Waals surface area contributed by atoms with Crippen molar-refractivity contribution in [1.82, 2.24) is 10.2 Å². The van der Waals surface area contributed by atoms with Gasteiger partial charge < -0.3 is 5.32 Å². The molecule has 0 aliphatic carbocycles. The number of hydrogen-bond donors (Lipinski definition) is 1. The molecule has 1 heterocycles. The summed E-state index contributed by atoms with van der Waals surface area (Å²) in [5.74, 6) is -0.114. The second-order valence-corrected chi connectivity index (χ2v) is 4.78. The Balaban J connectivity index is 2.28. The van der Waals surface area contributed by atoms with Crippen molar-refractivity contribution in [1.29, 1.82) is 0 Å². The third kappa shape index (κ3) is 2.79. The van der Waals surface area contributed by atoms with E-state index in [4.69, 9.17) is 0 Å². The molecule has 0 radical (unpaired) electrons. The highest BCUT2D eigenvalue weighted by molar-refractivity contribution is 5.30. The van der Waals surface area contributed by atoms with Gasteiger partial charge in [-0.15, -0.1) is 6.58 Å². The van der Waals surface area contributed by atoms with E-state index in [1.54, 1.807) is 6.07 Å². The Hall–Kier alpha value is -1.19. The topological polar surface area (TPSA) is 15.3 Å². The second-order valence-electron chi connectivity index (χ2n) is 4.78. The average molecular weight is 248 g/mol. The molecule has 1 aliphatic heterocycles. The molecule has 0 unspecified atom stereocenters. The third-order valence-corrected chi connectivity index (χ3v) is 3.65. The van der Waals surface area contributed by atoms with E-state index in [-0.39, 0.29) is 11.9 Å². The predicted molar refractivity (Wildman–Crippen MR) is 73.1 cm³/mol. The second kappa shape index (κ2) is 6.12. The molecule has 1 aromatic rings. The van der Waals surface area contributed by atoms with E-state index in [0.717, 1.165) is 43.7 Å². The minimum atomic E-state index is -0.114. The molecule has 3 heteroatoms. The Morgan fingerprint density at radius 1 is 1.44 bits per heavy atom. The first-order valence-corrected chi connectivity index (χ1v) is 6.54. The number of nitrogens with one attached hydrogen (secondary N) is 1. The fourth-order valence-electron chi connectivity index (χ4n) is 2.61. The lowest BCUT2D eigenvalue weighted by molar-refractivity contribution is 0.173. The van der Waals surface area contributed by atoms with Crippen LogP contribution in [-0.2, 0) is 0 Å². The number of halogens is 1. The Labute approximate surface area is 108 Å². The van der Waals surface area contributed by atoms with E-state index in [9.17, 15) is 4.39 Å². The van der Waals surface area contributed by atoms with Crippen molar-refractivity contribution < 1.29 is 4.39 Å². The van der Waals surface area contributed by atoms with Crippen LogP contribution in [0.3, 0.4) is 0 Å². The molecule has 0 bridgehead atoms.